The number of sulfone groups is 1. The van der Waals surface area contributed by atoms with Crippen LogP contribution in [-0.2, 0) is 19.9 Å². The summed E-state index contributed by atoms with van der Waals surface area (Å²) < 4.78 is 47.5. The maximum Gasteiger partial charge on any atom is 0.249 e. The van der Waals surface area contributed by atoms with Gasteiger partial charge in [0.25, 0.3) is 0 Å². The lowest BCUT2D eigenvalue weighted by Crippen LogP contribution is -2.32. The molecular weight excluding hydrogens is 344 g/mol. The molecule has 0 aliphatic carbocycles. The summed E-state index contributed by atoms with van der Waals surface area (Å²) >= 11 is 3.20. The number of nitrogen functional groups attached to an aromatic ring is 1. The Morgan fingerprint density at radius 2 is 1.83 bits per heavy atom. The van der Waals surface area contributed by atoms with E-state index in [0.29, 0.717) is 4.47 Å². The van der Waals surface area contributed by atoms with Gasteiger partial charge >= 0.3 is 0 Å². The van der Waals surface area contributed by atoms with Gasteiger partial charge in [-0.1, -0.05) is 15.9 Å². The Hall–Kier alpha value is -0.800. The van der Waals surface area contributed by atoms with Gasteiger partial charge < -0.3 is 5.73 Å². The maximum atomic E-state index is 11.9. The Labute approximate surface area is 115 Å². The number of nitrogens with zero attached hydrogens (tertiary/aromatic N) is 1. The fraction of sp³-hybridized carbons (Fsp3) is 0.333. The number of halogens is 1. The summed E-state index contributed by atoms with van der Waals surface area (Å²) in [4.78, 5) is 0. The molecule has 0 unspecified atom stereocenters. The molecule has 1 aromatic rings. The molecule has 0 saturated heterocycles. The van der Waals surface area contributed by atoms with Gasteiger partial charge in [0.2, 0.25) is 10.0 Å². The molecule has 0 radical (unpaired) electrons. The monoisotopic (exact) mass is 356 g/mol. The van der Waals surface area contributed by atoms with E-state index in [2.05, 4.69) is 15.9 Å². The Morgan fingerprint density at radius 3 is 2.28 bits per heavy atom. The molecule has 6 nitrogen and oxygen atoms in total. The van der Waals surface area contributed by atoms with Crippen LogP contribution < -0.4 is 10.0 Å². The first kappa shape index (κ1) is 15.3. The third-order valence-corrected chi connectivity index (χ3v) is 6.54. The topological polar surface area (TPSA) is 97.5 Å². The number of anilines is 2. The first-order valence-electron chi connectivity index (χ1n) is 4.72. The molecular formula is C9H13BrN2O4S2. The van der Waals surface area contributed by atoms with Gasteiger partial charge in [0, 0.05) is 17.8 Å². The summed E-state index contributed by atoms with van der Waals surface area (Å²) in [6.45, 7) is 0. The minimum Gasteiger partial charge on any atom is -0.397 e. The summed E-state index contributed by atoms with van der Waals surface area (Å²) in [7, 11) is -6.33. The number of hydrogen-bond acceptors (Lipinski definition) is 5. The number of benzene rings is 1. The molecule has 2 N–H and O–H groups in total. The lowest BCUT2D eigenvalue weighted by atomic mass is 10.3. The molecule has 0 spiro atoms. The van der Waals surface area contributed by atoms with Crippen molar-refractivity contribution in [3.8, 4) is 0 Å². The van der Waals surface area contributed by atoms with Crippen LogP contribution in [0.4, 0.5) is 11.4 Å². The van der Waals surface area contributed by atoms with Crippen LogP contribution >= 0.6 is 15.9 Å². The van der Waals surface area contributed by atoms with Crippen LogP contribution in [-0.4, -0.2) is 35.2 Å². The fourth-order valence-electron chi connectivity index (χ4n) is 1.31. The number of hydrogen-bond donors (Lipinski definition) is 1. The van der Waals surface area contributed by atoms with Gasteiger partial charge in [-0.3, -0.25) is 4.31 Å². The van der Waals surface area contributed by atoms with Crippen LogP contribution in [0.5, 0.6) is 0 Å². The molecule has 0 atom stereocenters. The average Bonchev–Trinajstić information content (AvgIpc) is 2.12. The maximum absolute atomic E-state index is 11.9. The zero-order valence-electron chi connectivity index (χ0n) is 9.79. The molecule has 0 aliphatic heterocycles. The molecule has 18 heavy (non-hydrogen) atoms. The smallest absolute Gasteiger partial charge is 0.249 e. The van der Waals surface area contributed by atoms with Crippen molar-refractivity contribution in [3.05, 3.63) is 22.7 Å². The van der Waals surface area contributed by atoms with E-state index in [1.165, 1.54) is 13.1 Å². The summed E-state index contributed by atoms with van der Waals surface area (Å²) in [5.74, 6) is 0. The van der Waals surface area contributed by atoms with Crippen molar-refractivity contribution in [2.45, 2.75) is 0 Å². The first-order chi connectivity index (χ1) is 8.03. The first-order valence-corrected chi connectivity index (χ1v) is 9.18. The highest BCUT2D eigenvalue weighted by Gasteiger charge is 2.25. The van der Waals surface area contributed by atoms with Gasteiger partial charge in [0.15, 0.2) is 14.9 Å². The highest BCUT2D eigenvalue weighted by atomic mass is 79.9. The molecule has 0 heterocycles. The van der Waals surface area contributed by atoms with Gasteiger partial charge in [0.1, 0.15) is 0 Å². The predicted molar refractivity (Wildman–Crippen MR) is 75.6 cm³/mol. The molecule has 9 heteroatoms. The van der Waals surface area contributed by atoms with E-state index in [1.54, 1.807) is 12.1 Å². The van der Waals surface area contributed by atoms with Crippen molar-refractivity contribution in [1.82, 2.24) is 0 Å². The molecule has 1 rings (SSSR count). The molecule has 0 aromatic heterocycles. The van der Waals surface area contributed by atoms with Crippen LogP contribution in [0.3, 0.4) is 0 Å². The van der Waals surface area contributed by atoms with Crippen molar-refractivity contribution in [2.75, 3.05) is 28.4 Å². The second-order valence-electron chi connectivity index (χ2n) is 3.83. The van der Waals surface area contributed by atoms with Crippen LogP contribution in [0.2, 0.25) is 0 Å². The lowest BCUT2D eigenvalue weighted by Gasteiger charge is -2.20. The minimum absolute atomic E-state index is 0.238. The van der Waals surface area contributed by atoms with Gasteiger partial charge in [-0.2, -0.15) is 0 Å². The van der Waals surface area contributed by atoms with Crippen LogP contribution in [0.15, 0.2) is 22.7 Å². The van der Waals surface area contributed by atoms with Gasteiger partial charge in [-0.15, -0.1) is 0 Å². The van der Waals surface area contributed by atoms with Gasteiger partial charge in [-0.25, -0.2) is 16.8 Å². The normalized spacial score (nSPS) is 12.4. The van der Waals surface area contributed by atoms with E-state index in [9.17, 15) is 16.8 Å². The Balaban J connectivity index is 3.18. The molecule has 0 fully saturated rings. The summed E-state index contributed by atoms with van der Waals surface area (Å²) in [6, 6.07) is 4.67. The quantitative estimate of drug-likeness (QED) is 0.804. The second-order valence-corrected chi connectivity index (χ2v) is 9.25. The van der Waals surface area contributed by atoms with Crippen molar-refractivity contribution < 1.29 is 16.8 Å². The molecule has 0 amide bonds. The van der Waals surface area contributed by atoms with Crippen LogP contribution in [0, 0.1) is 0 Å². The zero-order valence-corrected chi connectivity index (χ0v) is 13.0. The lowest BCUT2D eigenvalue weighted by molar-refractivity contribution is 0.590. The molecule has 0 saturated carbocycles. The number of rotatable bonds is 4. The Kier molecular flexibility index (Phi) is 4.29. The van der Waals surface area contributed by atoms with E-state index >= 15 is 0 Å². The van der Waals surface area contributed by atoms with Crippen molar-refractivity contribution in [1.29, 1.82) is 0 Å². The van der Waals surface area contributed by atoms with E-state index in [1.807, 2.05) is 0 Å². The Morgan fingerprint density at radius 1 is 1.28 bits per heavy atom. The van der Waals surface area contributed by atoms with E-state index < -0.39 is 24.9 Å². The van der Waals surface area contributed by atoms with Crippen molar-refractivity contribution >= 4 is 47.2 Å². The Bertz CT molecular complexity index is 655. The SMILES string of the molecule is CN(c1ccc(Br)cc1N)S(=O)(=O)CS(C)(=O)=O. The van der Waals surface area contributed by atoms with Crippen molar-refractivity contribution in [2.24, 2.45) is 0 Å². The third kappa shape index (κ3) is 3.85. The van der Waals surface area contributed by atoms with E-state index in [0.717, 1.165) is 10.6 Å². The molecule has 102 valence electrons. The highest BCUT2D eigenvalue weighted by molar-refractivity contribution is 9.10. The second kappa shape index (κ2) is 5.06. The van der Waals surface area contributed by atoms with Crippen LogP contribution in [0.25, 0.3) is 0 Å². The molecule has 0 bridgehead atoms. The highest BCUT2D eigenvalue weighted by Crippen LogP contribution is 2.27. The fourth-order valence-corrected chi connectivity index (χ4v) is 4.95. The average molecular weight is 357 g/mol. The summed E-state index contributed by atoms with van der Waals surface area (Å²) in [5.41, 5.74) is 6.17. The predicted octanol–water partition coefficient (Wildman–Crippen LogP) is 0.799. The largest absolute Gasteiger partial charge is 0.397 e. The molecule has 1 aromatic carbocycles. The zero-order chi connectivity index (χ0) is 14.1. The van der Waals surface area contributed by atoms with Gasteiger partial charge in [0.05, 0.1) is 11.4 Å². The van der Waals surface area contributed by atoms with Crippen molar-refractivity contribution in [3.63, 3.8) is 0 Å². The van der Waals surface area contributed by atoms with E-state index in [-0.39, 0.29) is 11.4 Å². The van der Waals surface area contributed by atoms with E-state index in [4.69, 9.17) is 5.73 Å². The summed E-state index contributed by atoms with van der Waals surface area (Å²) in [5, 5.41) is -0.952. The summed E-state index contributed by atoms with van der Waals surface area (Å²) in [6.07, 6.45) is 0.864. The minimum atomic E-state index is -3.96. The standard InChI is InChI=1S/C9H13BrN2O4S2/c1-12(18(15,16)6-17(2,13)14)9-4-3-7(10)5-8(9)11/h3-5H,6,11H2,1-2H3. The number of nitrogens with two attached hydrogens (primary N) is 1. The number of sulfonamides is 1. The third-order valence-electron chi connectivity index (χ3n) is 2.11. The van der Waals surface area contributed by atoms with Gasteiger partial charge in [-0.05, 0) is 18.2 Å². The molecule has 0 aliphatic rings. The van der Waals surface area contributed by atoms with Crippen LogP contribution in [0.1, 0.15) is 0 Å².